The van der Waals surface area contributed by atoms with Crippen LogP contribution in [0.3, 0.4) is 0 Å². The fraction of sp³-hybridized carbons (Fsp3) is 0.143. The molecule has 2 bridgehead atoms. The van der Waals surface area contributed by atoms with Crippen molar-refractivity contribution in [3.63, 3.8) is 0 Å². The van der Waals surface area contributed by atoms with Crippen molar-refractivity contribution in [3.8, 4) is 46.5 Å². The van der Waals surface area contributed by atoms with Crippen LogP contribution in [0.1, 0.15) is 59.0 Å². The van der Waals surface area contributed by atoms with Crippen LogP contribution in [0.4, 0.5) is 5.69 Å². The zero-order chi connectivity index (χ0) is 36.8. The van der Waals surface area contributed by atoms with Crippen molar-refractivity contribution in [2.45, 2.75) is 36.0 Å². The molecule has 3 aliphatic carbocycles. The Morgan fingerprint density at radius 1 is 0.782 bits per heavy atom. The molecule has 3 atom stereocenters. The summed E-state index contributed by atoms with van der Waals surface area (Å²) in [5.74, 6) is 7.88. The molecular formula is C49H33N5S. The van der Waals surface area contributed by atoms with Crippen molar-refractivity contribution in [1.29, 1.82) is 10.5 Å². The Bertz CT molecular complexity index is 3090. The number of nitriles is 2. The lowest BCUT2D eigenvalue weighted by atomic mass is 9.95. The van der Waals surface area contributed by atoms with Crippen LogP contribution >= 0.6 is 11.8 Å². The second kappa shape index (κ2) is 12.2. The third-order valence-corrected chi connectivity index (χ3v) is 12.9. The van der Waals surface area contributed by atoms with Gasteiger partial charge in [0.15, 0.2) is 0 Å². The smallest absolute Gasteiger partial charge is 0.101 e. The van der Waals surface area contributed by atoms with Crippen molar-refractivity contribution >= 4 is 56.2 Å². The predicted molar refractivity (Wildman–Crippen MR) is 225 cm³/mol. The number of thioether (sulfide) groups is 1. The molecule has 0 saturated heterocycles. The Morgan fingerprint density at radius 2 is 1.58 bits per heavy atom. The van der Waals surface area contributed by atoms with Gasteiger partial charge >= 0.3 is 0 Å². The number of rotatable bonds is 4. The van der Waals surface area contributed by atoms with E-state index in [9.17, 15) is 10.5 Å². The summed E-state index contributed by atoms with van der Waals surface area (Å²) in [5.41, 5.74) is 12.9. The number of hydrogen-bond donors (Lipinski definition) is 1. The molecule has 0 radical (unpaired) electrons. The maximum Gasteiger partial charge on any atom is 0.101 e. The summed E-state index contributed by atoms with van der Waals surface area (Å²) in [6.45, 7) is 0. The summed E-state index contributed by atoms with van der Waals surface area (Å²) in [4.78, 5) is 2.40. The number of allylic oxidation sites excluding steroid dienone is 4. The van der Waals surface area contributed by atoms with E-state index >= 15 is 0 Å². The molecule has 1 N–H and O–H groups in total. The van der Waals surface area contributed by atoms with Crippen LogP contribution in [-0.4, -0.2) is 16.2 Å². The van der Waals surface area contributed by atoms with Crippen molar-refractivity contribution in [3.05, 3.63) is 148 Å². The van der Waals surface area contributed by atoms with Crippen LogP contribution in [0.15, 0.2) is 125 Å². The van der Waals surface area contributed by atoms with Gasteiger partial charge in [-0.2, -0.15) is 10.5 Å². The van der Waals surface area contributed by atoms with Crippen LogP contribution < -0.4 is 5.32 Å². The number of para-hydroxylation sites is 2. The third kappa shape index (κ3) is 4.81. The van der Waals surface area contributed by atoms with Gasteiger partial charge in [0.2, 0.25) is 0 Å². The average Bonchev–Trinajstić information content (AvgIpc) is 3.86. The highest BCUT2D eigenvalue weighted by Gasteiger charge is 2.43. The number of hydrogen-bond acceptors (Lipinski definition) is 4. The Hall–Kier alpha value is -6.65. The molecule has 4 aliphatic rings. The molecule has 0 amide bonds. The van der Waals surface area contributed by atoms with Gasteiger partial charge < -0.3 is 14.5 Å². The first-order valence-corrected chi connectivity index (χ1v) is 19.7. The fourth-order valence-corrected chi connectivity index (χ4v) is 10.3. The Labute approximate surface area is 323 Å². The Morgan fingerprint density at radius 3 is 2.44 bits per heavy atom. The van der Waals surface area contributed by atoms with E-state index in [1.54, 1.807) is 11.8 Å². The van der Waals surface area contributed by atoms with Gasteiger partial charge in [-0.3, -0.25) is 0 Å². The monoisotopic (exact) mass is 723 g/mol. The largest absolute Gasteiger partial charge is 0.388 e. The zero-order valence-electron chi connectivity index (χ0n) is 30.1. The molecule has 1 aliphatic heterocycles. The fourth-order valence-electron chi connectivity index (χ4n) is 9.21. The van der Waals surface area contributed by atoms with Crippen LogP contribution in [0.5, 0.6) is 0 Å². The summed E-state index contributed by atoms with van der Waals surface area (Å²) in [7, 11) is 1.97. The second-order valence-electron chi connectivity index (χ2n) is 14.8. The van der Waals surface area contributed by atoms with Crippen molar-refractivity contribution in [2.75, 3.05) is 12.4 Å². The van der Waals surface area contributed by atoms with E-state index in [4.69, 9.17) is 0 Å². The van der Waals surface area contributed by atoms with Crippen molar-refractivity contribution in [2.24, 2.45) is 5.92 Å². The average molecular weight is 724 g/mol. The maximum absolute atomic E-state index is 10.5. The normalized spacial score (nSPS) is 18.8. The first-order chi connectivity index (χ1) is 27.1. The molecule has 0 spiro atoms. The van der Waals surface area contributed by atoms with Gasteiger partial charge in [0.1, 0.15) is 12.1 Å². The van der Waals surface area contributed by atoms with Gasteiger partial charge in [0.25, 0.3) is 0 Å². The molecule has 6 heteroatoms. The summed E-state index contributed by atoms with van der Waals surface area (Å²) < 4.78 is 4.75. The molecular weight excluding hydrogens is 691 g/mol. The Balaban J connectivity index is 1.23. The SMILES string of the molecule is CNc1ccccc1-c1ccc2c(c1)c1c(n2-c2cc(C#N)c(C#N)cc2-n2c3ccccc3c3cc4c(cc32)SC2=CC4C#CCC=C2)C2CC2CC=C1. The van der Waals surface area contributed by atoms with E-state index in [-0.39, 0.29) is 5.92 Å². The van der Waals surface area contributed by atoms with Gasteiger partial charge in [-0.05, 0) is 78.4 Å². The van der Waals surface area contributed by atoms with Gasteiger partial charge in [-0.15, -0.1) is 0 Å². The quantitative estimate of drug-likeness (QED) is 0.184. The molecule has 260 valence electrons. The van der Waals surface area contributed by atoms with E-state index in [2.05, 4.69) is 148 Å². The molecule has 3 unspecified atom stereocenters. The minimum Gasteiger partial charge on any atom is -0.388 e. The predicted octanol–water partition coefficient (Wildman–Crippen LogP) is 11.7. The first kappa shape index (κ1) is 31.8. The first-order valence-electron chi connectivity index (χ1n) is 18.9. The number of aromatic nitrogens is 2. The molecule has 5 nitrogen and oxygen atoms in total. The van der Waals surface area contributed by atoms with Crippen LogP contribution in [0, 0.1) is 40.4 Å². The van der Waals surface area contributed by atoms with E-state index in [1.165, 1.54) is 32.0 Å². The van der Waals surface area contributed by atoms with Crippen LogP contribution in [-0.2, 0) is 0 Å². The van der Waals surface area contributed by atoms with Gasteiger partial charge in [0, 0.05) is 67.9 Å². The highest BCUT2D eigenvalue weighted by molar-refractivity contribution is 8.03. The molecule has 5 aromatic carbocycles. The zero-order valence-corrected chi connectivity index (χ0v) is 30.9. The highest BCUT2D eigenvalue weighted by Crippen LogP contribution is 2.56. The maximum atomic E-state index is 10.5. The number of nitrogens with zero attached hydrogens (tertiary/aromatic N) is 4. The minimum atomic E-state index is 0.0320. The van der Waals surface area contributed by atoms with Gasteiger partial charge in [-0.1, -0.05) is 96.4 Å². The molecule has 7 aromatic rings. The lowest BCUT2D eigenvalue weighted by Crippen LogP contribution is -2.08. The number of fused-ring (bicyclic) bond motifs is 11. The van der Waals surface area contributed by atoms with Crippen molar-refractivity contribution < 1.29 is 0 Å². The number of nitrogens with one attached hydrogen (secondary N) is 1. The van der Waals surface area contributed by atoms with Gasteiger partial charge in [-0.25, -0.2) is 0 Å². The minimum absolute atomic E-state index is 0.0320. The van der Waals surface area contributed by atoms with Crippen LogP contribution in [0.2, 0.25) is 0 Å². The summed E-state index contributed by atoms with van der Waals surface area (Å²) in [5, 5.41) is 27.8. The van der Waals surface area contributed by atoms with Gasteiger partial charge in [0.05, 0.1) is 45.0 Å². The highest BCUT2D eigenvalue weighted by atomic mass is 32.2. The third-order valence-electron chi connectivity index (χ3n) is 11.8. The standard InChI is InChI=1S/C49H33N5S/c1-52-42-16-7-5-13-35(42)31-18-19-44-40(22-31)37-15-9-11-30-21-39(30)49(37)54(44)47-24-33(28-51)32(27-50)23-46(47)53-43-17-8-6-14-36(43)41-25-38-29-10-3-2-4-12-34(20-29)55-48(38)26-45(41)53/h4-9,12-20,22-26,29-30,39,52H,2,11,21H2,1H3. The molecule has 3 heterocycles. The molecule has 11 rings (SSSR count). The molecule has 55 heavy (non-hydrogen) atoms. The van der Waals surface area contributed by atoms with E-state index in [0.29, 0.717) is 23.0 Å². The number of benzene rings is 5. The summed E-state index contributed by atoms with van der Waals surface area (Å²) in [6.07, 6.45) is 14.2. The molecule has 1 fully saturated rings. The Kier molecular flexibility index (Phi) is 7.06. The topological polar surface area (TPSA) is 69.5 Å². The lowest BCUT2D eigenvalue weighted by molar-refractivity contribution is 0.800. The lowest BCUT2D eigenvalue weighted by Gasteiger charge is -2.22. The summed E-state index contributed by atoms with van der Waals surface area (Å²) in [6, 6.07) is 37.1. The van der Waals surface area contributed by atoms with Crippen molar-refractivity contribution in [1.82, 2.24) is 9.13 Å². The summed E-state index contributed by atoms with van der Waals surface area (Å²) >= 11 is 1.79. The van der Waals surface area contributed by atoms with E-state index < -0.39 is 0 Å². The molecule has 1 saturated carbocycles. The number of anilines is 1. The van der Waals surface area contributed by atoms with Crippen LogP contribution in [0.25, 0.3) is 61.3 Å². The molecule has 2 aromatic heterocycles. The van der Waals surface area contributed by atoms with E-state index in [1.807, 2.05) is 19.2 Å². The van der Waals surface area contributed by atoms with E-state index in [0.717, 1.165) is 74.8 Å². The second-order valence-corrected chi connectivity index (χ2v) is 16.0.